The summed E-state index contributed by atoms with van der Waals surface area (Å²) in [5, 5.41) is 5.00. The molecule has 0 N–H and O–H groups in total. The molecule has 1 heterocycles. The number of hydrogen-bond acceptors (Lipinski definition) is 1. The van der Waals surface area contributed by atoms with Crippen molar-refractivity contribution in [1.29, 1.82) is 0 Å². The number of hydrogen-bond donors (Lipinski definition) is 0. The van der Waals surface area contributed by atoms with E-state index in [1.54, 1.807) is 0 Å². The predicted octanol–water partition coefficient (Wildman–Crippen LogP) is 11.1. The summed E-state index contributed by atoms with van der Waals surface area (Å²) >= 11 is 0. The van der Waals surface area contributed by atoms with Crippen LogP contribution in [0.4, 0.5) is 17.1 Å². The van der Waals surface area contributed by atoms with Gasteiger partial charge >= 0.3 is 0 Å². The first-order valence-electron chi connectivity index (χ1n) is 14.4. The van der Waals surface area contributed by atoms with E-state index in [9.17, 15) is 0 Å². The van der Waals surface area contributed by atoms with E-state index < -0.39 is 0 Å². The van der Waals surface area contributed by atoms with Crippen LogP contribution < -0.4 is 4.90 Å². The van der Waals surface area contributed by atoms with Gasteiger partial charge in [0.25, 0.3) is 0 Å². The Hall–Kier alpha value is -5.60. The molecule has 0 radical (unpaired) electrons. The molecular weight excluding hydrogens is 508 g/mol. The van der Waals surface area contributed by atoms with Gasteiger partial charge in [-0.05, 0) is 88.6 Å². The maximum Gasteiger partial charge on any atom is 0.0541 e. The predicted molar refractivity (Wildman–Crippen MR) is 178 cm³/mol. The third kappa shape index (κ3) is 4.13. The van der Waals surface area contributed by atoms with E-state index in [4.69, 9.17) is 0 Å². The number of benzene rings is 7. The minimum Gasteiger partial charge on any atom is -0.310 e. The molecule has 198 valence electrons. The molecule has 0 saturated heterocycles. The highest BCUT2D eigenvalue weighted by Gasteiger charge is 2.15. The molecular formula is C40H28N2. The molecule has 0 saturated carbocycles. The van der Waals surface area contributed by atoms with Crippen LogP contribution in [0.15, 0.2) is 170 Å². The molecule has 8 rings (SSSR count). The van der Waals surface area contributed by atoms with Crippen LogP contribution in [0.2, 0.25) is 0 Å². The van der Waals surface area contributed by atoms with Crippen molar-refractivity contribution >= 4 is 49.6 Å². The molecule has 0 aliphatic heterocycles. The Balaban J connectivity index is 1.22. The second kappa shape index (κ2) is 10.1. The van der Waals surface area contributed by atoms with Crippen LogP contribution in [0.1, 0.15) is 0 Å². The van der Waals surface area contributed by atoms with E-state index >= 15 is 0 Å². The molecule has 2 heteroatoms. The number of para-hydroxylation sites is 3. The molecule has 0 fully saturated rings. The quantitative estimate of drug-likeness (QED) is 0.212. The van der Waals surface area contributed by atoms with Crippen molar-refractivity contribution in [2.75, 3.05) is 4.90 Å². The Morgan fingerprint density at radius 3 is 1.76 bits per heavy atom. The summed E-state index contributed by atoms with van der Waals surface area (Å²) in [6.45, 7) is 0. The Morgan fingerprint density at radius 2 is 0.952 bits per heavy atom. The van der Waals surface area contributed by atoms with Crippen molar-refractivity contribution < 1.29 is 0 Å². The van der Waals surface area contributed by atoms with Crippen LogP contribution in [-0.4, -0.2) is 4.57 Å². The zero-order valence-corrected chi connectivity index (χ0v) is 23.1. The second-order valence-electron chi connectivity index (χ2n) is 10.7. The van der Waals surface area contributed by atoms with E-state index in [0.717, 1.165) is 17.1 Å². The molecule has 0 unspecified atom stereocenters. The SMILES string of the molecule is c1ccc(N(c2ccc(-c3ccc4c(c3)c3ccccc3n4-c3ccccc3)cc2)c2ccc3ccccc3c2)cc1. The average Bonchev–Trinajstić information content (AvgIpc) is 3.40. The van der Waals surface area contributed by atoms with E-state index in [2.05, 4.69) is 179 Å². The van der Waals surface area contributed by atoms with Crippen molar-refractivity contribution in [2.24, 2.45) is 0 Å². The summed E-state index contributed by atoms with van der Waals surface area (Å²) in [6.07, 6.45) is 0. The maximum atomic E-state index is 2.36. The second-order valence-corrected chi connectivity index (χ2v) is 10.7. The van der Waals surface area contributed by atoms with Crippen molar-refractivity contribution in [3.05, 3.63) is 170 Å². The van der Waals surface area contributed by atoms with Gasteiger partial charge in [-0.2, -0.15) is 0 Å². The molecule has 8 aromatic rings. The van der Waals surface area contributed by atoms with Gasteiger partial charge in [0.15, 0.2) is 0 Å². The van der Waals surface area contributed by atoms with Crippen molar-refractivity contribution in [3.8, 4) is 16.8 Å². The van der Waals surface area contributed by atoms with E-state index in [1.807, 2.05) is 0 Å². The monoisotopic (exact) mass is 536 g/mol. The number of rotatable bonds is 5. The summed E-state index contributed by atoms with van der Waals surface area (Å²) in [5.41, 5.74) is 9.43. The lowest BCUT2D eigenvalue weighted by Crippen LogP contribution is -2.09. The van der Waals surface area contributed by atoms with Crippen molar-refractivity contribution in [2.45, 2.75) is 0 Å². The number of aromatic nitrogens is 1. The normalized spacial score (nSPS) is 11.3. The van der Waals surface area contributed by atoms with Gasteiger partial charge < -0.3 is 9.47 Å². The Labute approximate surface area is 245 Å². The lowest BCUT2D eigenvalue weighted by Gasteiger charge is -2.26. The lowest BCUT2D eigenvalue weighted by molar-refractivity contribution is 1.18. The highest BCUT2D eigenvalue weighted by Crippen LogP contribution is 2.38. The largest absolute Gasteiger partial charge is 0.310 e. The molecule has 0 amide bonds. The van der Waals surface area contributed by atoms with E-state index in [0.29, 0.717) is 0 Å². The molecule has 0 aliphatic rings. The Kier molecular flexibility index (Phi) is 5.82. The number of nitrogens with zero attached hydrogens (tertiary/aromatic N) is 2. The first-order chi connectivity index (χ1) is 20.8. The Morgan fingerprint density at radius 1 is 0.357 bits per heavy atom. The van der Waals surface area contributed by atoms with Gasteiger partial charge in [-0.15, -0.1) is 0 Å². The molecule has 0 atom stereocenters. The van der Waals surface area contributed by atoms with Crippen LogP contribution in [-0.2, 0) is 0 Å². The summed E-state index contributed by atoms with van der Waals surface area (Å²) in [6, 6.07) is 60.9. The van der Waals surface area contributed by atoms with Crippen LogP contribution in [0.5, 0.6) is 0 Å². The highest BCUT2D eigenvalue weighted by atomic mass is 15.1. The fraction of sp³-hybridized carbons (Fsp3) is 0. The fourth-order valence-corrected chi connectivity index (χ4v) is 6.15. The van der Waals surface area contributed by atoms with Crippen molar-refractivity contribution in [3.63, 3.8) is 0 Å². The van der Waals surface area contributed by atoms with Gasteiger partial charge in [-0.1, -0.05) is 103 Å². The fourth-order valence-electron chi connectivity index (χ4n) is 6.15. The first kappa shape index (κ1) is 24.2. The number of fused-ring (bicyclic) bond motifs is 4. The summed E-state index contributed by atoms with van der Waals surface area (Å²) < 4.78 is 2.36. The standard InChI is InChI=1S/C40H28N2/c1-3-13-33(14-4-1)41(36-25-21-29-11-7-8-12-31(29)27-36)35-23-19-30(20-24-35)32-22-26-40-38(28-32)37-17-9-10-18-39(37)42(40)34-15-5-2-6-16-34/h1-28H. The summed E-state index contributed by atoms with van der Waals surface area (Å²) in [4.78, 5) is 2.33. The molecule has 0 spiro atoms. The highest BCUT2D eigenvalue weighted by molar-refractivity contribution is 6.10. The van der Waals surface area contributed by atoms with Crippen LogP contribution >= 0.6 is 0 Å². The zero-order chi connectivity index (χ0) is 27.9. The van der Waals surface area contributed by atoms with E-state index in [1.165, 1.54) is 49.4 Å². The van der Waals surface area contributed by atoms with Gasteiger partial charge in [0.1, 0.15) is 0 Å². The summed E-state index contributed by atoms with van der Waals surface area (Å²) in [5.74, 6) is 0. The van der Waals surface area contributed by atoms with Gasteiger partial charge in [0, 0.05) is 33.5 Å². The first-order valence-corrected chi connectivity index (χ1v) is 14.4. The molecule has 0 bridgehead atoms. The molecule has 42 heavy (non-hydrogen) atoms. The van der Waals surface area contributed by atoms with Crippen molar-refractivity contribution in [1.82, 2.24) is 4.57 Å². The van der Waals surface area contributed by atoms with Crippen LogP contribution in [0.25, 0.3) is 49.4 Å². The average molecular weight is 537 g/mol. The van der Waals surface area contributed by atoms with Crippen LogP contribution in [0.3, 0.4) is 0 Å². The topological polar surface area (TPSA) is 8.17 Å². The maximum absolute atomic E-state index is 2.36. The molecule has 2 nitrogen and oxygen atoms in total. The molecule has 0 aliphatic carbocycles. The minimum atomic E-state index is 1.13. The van der Waals surface area contributed by atoms with Gasteiger partial charge in [0.2, 0.25) is 0 Å². The molecule has 7 aromatic carbocycles. The smallest absolute Gasteiger partial charge is 0.0541 e. The lowest BCUT2D eigenvalue weighted by atomic mass is 10.0. The zero-order valence-electron chi connectivity index (χ0n) is 23.1. The Bertz CT molecular complexity index is 2180. The minimum absolute atomic E-state index is 1.13. The van der Waals surface area contributed by atoms with E-state index in [-0.39, 0.29) is 0 Å². The van der Waals surface area contributed by atoms with Gasteiger partial charge in [-0.3, -0.25) is 0 Å². The number of anilines is 3. The summed E-state index contributed by atoms with van der Waals surface area (Å²) in [7, 11) is 0. The third-order valence-corrected chi connectivity index (χ3v) is 8.15. The third-order valence-electron chi connectivity index (χ3n) is 8.15. The van der Waals surface area contributed by atoms with Gasteiger partial charge in [0.05, 0.1) is 11.0 Å². The molecule has 1 aromatic heterocycles. The van der Waals surface area contributed by atoms with Crippen LogP contribution in [0, 0.1) is 0 Å². The van der Waals surface area contributed by atoms with Gasteiger partial charge in [-0.25, -0.2) is 0 Å².